The SMILES string of the molecule is CCOC(=O)[C@H](C)N(C)C(=O)CCSC(C)=O. The van der Waals surface area contributed by atoms with E-state index in [1.54, 1.807) is 20.9 Å². The molecule has 0 aromatic heterocycles. The third kappa shape index (κ3) is 6.31. The van der Waals surface area contributed by atoms with E-state index in [1.165, 1.54) is 11.8 Å². The zero-order valence-electron chi connectivity index (χ0n) is 10.7. The molecule has 0 saturated heterocycles. The van der Waals surface area contributed by atoms with Crippen molar-refractivity contribution in [3.8, 4) is 0 Å². The fraction of sp³-hybridized carbons (Fsp3) is 0.727. The Morgan fingerprint density at radius 1 is 1.35 bits per heavy atom. The van der Waals surface area contributed by atoms with Crippen LogP contribution in [0.4, 0.5) is 0 Å². The molecule has 0 aliphatic rings. The summed E-state index contributed by atoms with van der Waals surface area (Å²) in [7, 11) is 1.56. The number of amides is 1. The van der Waals surface area contributed by atoms with Crippen molar-refractivity contribution < 1.29 is 19.1 Å². The quantitative estimate of drug-likeness (QED) is 0.669. The summed E-state index contributed by atoms with van der Waals surface area (Å²) >= 11 is 1.10. The second-order valence-corrected chi connectivity index (χ2v) is 4.79. The highest BCUT2D eigenvalue weighted by atomic mass is 32.2. The van der Waals surface area contributed by atoms with E-state index >= 15 is 0 Å². The van der Waals surface area contributed by atoms with Crippen LogP contribution in [0.15, 0.2) is 0 Å². The van der Waals surface area contributed by atoms with E-state index in [9.17, 15) is 14.4 Å². The summed E-state index contributed by atoms with van der Waals surface area (Å²) in [6, 6.07) is -0.593. The predicted octanol–water partition coefficient (Wildman–Crippen LogP) is 1.07. The molecule has 1 amide bonds. The smallest absolute Gasteiger partial charge is 0.328 e. The number of likely N-dealkylation sites (N-methyl/N-ethyl adjacent to an activating group) is 1. The van der Waals surface area contributed by atoms with Gasteiger partial charge in [0.15, 0.2) is 5.12 Å². The molecule has 0 radical (unpaired) electrons. The number of hydrogen-bond acceptors (Lipinski definition) is 5. The molecular weight excluding hydrogens is 242 g/mol. The van der Waals surface area contributed by atoms with Crippen molar-refractivity contribution >= 4 is 28.8 Å². The normalized spacial score (nSPS) is 11.8. The van der Waals surface area contributed by atoms with Crippen molar-refractivity contribution in [1.29, 1.82) is 0 Å². The zero-order chi connectivity index (χ0) is 13.4. The van der Waals surface area contributed by atoms with Crippen LogP contribution in [0.1, 0.15) is 27.2 Å². The molecule has 0 aromatic carbocycles. The monoisotopic (exact) mass is 261 g/mol. The van der Waals surface area contributed by atoms with Gasteiger partial charge in [0.2, 0.25) is 5.91 Å². The van der Waals surface area contributed by atoms with Crippen molar-refractivity contribution in [3.63, 3.8) is 0 Å². The lowest BCUT2D eigenvalue weighted by Crippen LogP contribution is -2.41. The minimum Gasteiger partial charge on any atom is -0.464 e. The van der Waals surface area contributed by atoms with Crippen molar-refractivity contribution in [2.75, 3.05) is 19.4 Å². The molecule has 0 aliphatic heterocycles. The van der Waals surface area contributed by atoms with Crippen LogP contribution in [0.25, 0.3) is 0 Å². The van der Waals surface area contributed by atoms with E-state index < -0.39 is 12.0 Å². The minimum atomic E-state index is -0.593. The Morgan fingerprint density at radius 3 is 2.41 bits per heavy atom. The molecule has 0 unspecified atom stereocenters. The molecule has 6 heteroatoms. The fourth-order valence-electron chi connectivity index (χ4n) is 1.10. The van der Waals surface area contributed by atoms with Crippen LogP contribution in [-0.2, 0) is 19.1 Å². The van der Waals surface area contributed by atoms with Crippen molar-refractivity contribution in [1.82, 2.24) is 4.90 Å². The number of carbonyl (C=O) groups is 3. The van der Waals surface area contributed by atoms with Crippen LogP contribution < -0.4 is 0 Å². The Bertz CT molecular complexity index is 293. The van der Waals surface area contributed by atoms with Crippen molar-refractivity contribution in [2.45, 2.75) is 33.2 Å². The van der Waals surface area contributed by atoms with E-state index in [0.717, 1.165) is 11.8 Å². The maximum atomic E-state index is 11.7. The maximum Gasteiger partial charge on any atom is 0.328 e. The van der Waals surface area contributed by atoms with Gasteiger partial charge in [-0.15, -0.1) is 0 Å². The Hall–Kier alpha value is -1.04. The maximum absolute atomic E-state index is 11.7. The van der Waals surface area contributed by atoms with Gasteiger partial charge in [0, 0.05) is 26.1 Å². The average Bonchev–Trinajstić information content (AvgIpc) is 2.26. The summed E-state index contributed by atoms with van der Waals surface area (Å²) in [6.45, 7) is 5.09. The molecule has 0 rings (SSSR count). The van der Waals surface area contributed by atoms with Gasteiger partial charge >= 0.3 is 5.97 Å². The molecule has 98 valence electrons. The number of esters is 1. The van der Waals surface area contributed by atoms with Gasteiger partial charge in [0.05, 0.1) is 6.61 Å². The Morgan fingerprint density at radius 2 is 1.94 bits per heavy atom. The van der Waals surface area contributed by atoms with Gasteiger partial charge in [-0.05, 0) is 13.8 Å². The summed E-state index contributed by atoms with van der Waals surface area (Å²) in [5.74, 6) is -0.143. The lowest BCUT2D eigenvalue weighted by atomic mass is 10.3. The first-order valence-electron chi connectivity index (χ1n) is 5.45. The topological polar surface area (TPSA) is 63.7 Å². The third-order valence-corrected chi connectivity index (χ3v) is 3.04. The molecule has 5 nitrogen and oxygen atoms in total. The van der Waals surface area contributed by atoms with E-state index in [2.05, 4.69) is 0 Å². The zero-order valence-corrected chi connectivity index (χ0v) is 11.5. The standard InChI is InChI=1S/C11H19NO4S/c1-5-16-11(15)8(2)12(4)10(14)6-7-17-9(3)13/h8H,5-7H2,1-4H3/t8-/m0/s1. The number of carbonyl (C=O) groups excluding carboxylic acids is 3. The average molecular weight is 261 g/mol. The molecule has 0 fully saturated rings. The summed E-state index contributed by atoms with van der Waals surface area (Å²) in [5.41, 5.74) is 0. The number of ether oxygens (including phenoxy) is 1. The summed E-state index contributed by atoms with van der Waals surface area (Å²) in [5, 5.41) is -0.0149. The van der Waals surface area contributed by atoms with Gasteiger partial charge in [0.1, 0.15) is 6.04 Å². The van der Waals surface area contributed by atoms with Crippen LogP contribution in [0.5, 0.6) is 0 Å². The van der Waals surface area contributed by atoms with Crippen LogP contribution in [0.2, 0.25) is 0 Å². The fourth-order valence-corrected chi connectivity index (χ4v) is 1.66. The summed E-state index contributed by atoms with van der Waals surface area (Å²) < 4.78 is 4.83. The first kappa shape index (κ1) is 16.0. The number of rotatable bonds is 6. The second kappa shape index (κ2) is 8.11. The van der Waals surface area contributed by atoms with Crippen LogP contribution in [0, 0.1) is 0 Å². The van der Waals surface area contributed by atoms with Gasteiger partial charge < -0.3 is 9.64 Å². The van der Waals surface area contributed by atoms with Crippen molar-refractivity contribution in [3.05, 3.63) is 0 Å². The molecule has 1 atom stereocenters. The van der Waals surface area contributed by atoms with Gasteiger partial charge in [-0.1, -0.05) is 11.8 Å². The number of hydrogen-bond donors (Lipinski definition) is 0. The molecule has 0 aliphatic carbocycles. The van der Waals surface area contributed by atoms with Gasteiger partial charge in [-0.3, -0.25) is 9.59 Å². The van der Waals surface area contributed by atoms with E-state index in [1.807, 2.05) is 0 Å². The van der Waals surface area contributed by atoms with Gasteiger partial charge in [-0.2, -0.15) is 0 Å². The first-order valence-corrected chi connectivity index (χ1v) is 6.44. The molecular formula is C11H19NO4S. The lowest BCUT2D eigenvalue weighted by Gasteiger charge is -2.23. The van der Waals surface area contributed by atoms with Crippen LogP contribution in [-0.4, -0.2) is 47.3 Å². The summed E-state index contributed by atoms with van der Waals surface area (Å²) in [4.78, 5) is 35.1. The largest absolute Gasteiger partial charge is 0.464 e. The molecule has 0 aromatic rings. The van der Waals surface area contributed by atoms with Crippen LogP contribution in [0.3, 0.4) is 0 Å². The molecule has 17 heavy (non-hydrogen) atoms. The Labute approximate surface area is 106 Å². The van der Waals surface area contributed by atoms with Crippen LogP contribution >= 0.6 is 11.8 Å². The van der Waals surface area contributed by atoms with Gasteiger partial charge in [0.25, 0.3) is 0 Å². The lowest BCUT2D eigenvalue weighted by molar-refractivity contribution is -0.152. The highest BCUT2D eigenvalue weighted by Crippen LogP contribution is 2.07. The van der Waals surface area contributed by atoms with E-state index in [0.29, 0.717) is 12.4 Å². The highest BCUT2D eigenvalue weighted by molar-refractivity contribution is 8.13. The Kier molecular flexibility index (Phi) is 7.61. The van der Waals surface area contributed by atoms with Gasteiger partial charge in [-0.25, -0.2) is 4.79 Å². The number of nitrogens with zero attached hydrogens (tertiary/aromatic N) is 1. The predicted molar refractivity (Wildman–Crippen MR) is 66.6 cm³/mol. The highest BCUT2D eigenvalue weighted by Gasteiger charge is 2.22. The molecule has 0 spiro atoms. The van der Waals surface area contributed by atoms with Crippen molar-refractivity contribution in [2.24, 2.45) is 0 Å². The number of thioether (sulfide) groups is 1. The Balaban J connectivity index is 4.11. The summed E-state index contributed by atoms with van der Waals surface area (Å²) in [6.07, 6.45) is 0.241. The molecule has 0 saturated carbocycles. The molecule has 0 N–H and O–H groups in total. The first-order chi connectivity index (χ1) is 7.90. The van der Waals surface area contributed by atoms with E-state index in [4.69, 9.17) is 4.74 Å². The van der Waals surface area contributed by atoms with E-state index in [-0.39, 0.29) is 17.4 Å². The second-order valence-electron chi connectivity index (χ2n) is 3.52. The molecule has 0 heterocycles. The third-order valence-electron chi connectivity index (χ3n) is 2.22. The minimum absolute atomic E-state index is 0.0149. The molecule has 0 bridgehead atoms.